The number of phosphoric ester groups is 1. The molecule has 1 heterocycles. The summed E-state index contributed by atoms with van der Waals surface area (Å²) in [7, 11) is 1.12. The van der Waals surface area contributed by atoms with E-state index in [4.69, 9.17) is 23.3 Å². The van der Waals surface area contributed by atoms with Crippen LogP contribution in [-0.2, 0) is 37.4 Å². The van der Waals surface area contributed by atoms with Gasteiger partial charge in [-0.25, -0.2) is 0 Å². The summed E-state index contributed by atoms with van der Waals surface area (Å²) in [5.74, 6) is -0.911. The topological polar surface area (TPSA) is 124 Å². The molecule has 4 atom stereocenters. The van der Waals surface area contributed by atoms with E-state index in [1.165, 1.54) is 83.5 Å². The summed E-state index contributed by atoms with van der Waals surface area (Å²) in [6.07, 6.45) is 44.6. The van der Waals surface area contributed by atoms with E-state index in [0.29, 0.717) is 42.5 Å². The molecule has 1 aliphatic heterocycles. The number of ether oxygens (including phenoxy) is 3. The molecule has 0 aromatic carbocycles. The van der Waals surface area contributed by atoms with E-state index < -0.39 is 32.5 Å². The predicted octanol–water partition coefficient (Wildman–Crippen LogP) is 11.8. The molecule has 0 aliphatic carbocycles. The molecule has 0 amide bonds. The van der Waals surface area contributed by atoms with Crippen molar-refractivity contribution in [3.63, 3.8) is 0 Å². The summed E-state index contributed by atoms with van der Waals surface area (Å²) in [6.45, 7) is 4.11. The monoisotopic (exact) mass is 852 g/mol. The smallest absolute Gasteiger partial charge is 0.306 e. The van der Waals surface area contributed by atoms with Crippen molar-refractivity contribution in [1.82, 2.24) is 0 Å². The van der Waals surface area contributed by atoms with Gasteiger partial charge in [0.1, 0.15) is 19.8 Å². The lowest BCUT2D eigenvalue weighted by atomic mass is 10.1. The first-order chi connectivity index (χ1) is 28.5. The van der Waals surface area contributed by atoms with Crippen LogP contribution < -0.4 is 4.89 Å². The maximum Gasteiger partial charge on any atom is 0.306 e. The number of hydrogen-bond donors (Lipinski definition) is 0. The zero-order chi connectivity index (χ0) is 43.3. The molecular formula is C48H86NO9P. The number of epoxide rings is 1. The van der Waals surface area contributed by atoms with E-state index in [-0.39, 0.29) is 26.1 Å². The van der Waals surface area contributed by atoms with Crippen LogP contribution in [0, 0.1) is 0 Å². The number of carbonyl (C=O) groups excluding carboxylic acids is 2. The van der Waals surface area contributed by atoms with Crippen LogP contribution in [0.25, 0.3) is 0 Å². The highest BCUT2D eigenvalue weighted by atomic mass is 31.2. The van der Waals surface area contributed by atoms with Gasteiger partial charge < -0.3 is 32.6 Å². The van der Waals surface area contributed by atoms with Gasteiger partial charge in [0.2, 0.25) is 0 Å². The number of hydrogen-bond acceptors (Lipinski definition) is 9. The molecule has 59 heavy (non-hydrogen) atoms. The fraction of sp³-hybridized carbons (Fsp3) is 0.792. The van der Waals surface area contributed by atoms with Crippen LogP contribution in [0.5, 0.6) is 0 Å². The quantitative estimate of drug-likeness (QED) is 0.0148. The van der Waals surface area contributed by atoms with Gasteiger partial charge in [-0.1, -0.05) is 140 Å². The Labute approximate surface area is 360 Å². The molecule has 342 valence electrons. The van der Waals surface area contributed by atoms with E-state index >= 15 is 0 Å². The van der Waals surface area contributed by atoms with E-state index in [9.17, 15) is 19.0 Å². The fourth-order valence-electron chi connectivity index (χ4n) is 6.39. The Bertz CT molecular complexity index is 1210. The third kappa shape index (κ3) is 37.4. The molecule has 1 aliphatic rings. The number of nitrogens with zero attached hydrogens (tertiary/aromatic N) is 1. The molecule has 0 aromatic rings. The molecule has 0 aromatic heterocycles. The van der Waals surface area contributed by atoms with Crippen molar-refractivity contribution in [2.24, 2.45) is 0 Å². The first kappa shape index (κ1) is 54.9. The normalized spacial score (nSPS) is 17.4. The largest absolute Gasteiger partial charge is 0.756 e. The molecule has 0 N–H and O–H groups in total. The minimum atomic E-state index is -4.65. The van der Waals surface area contributed by atoms with Gasteiger partial charge in [0.15, 0.2) is 6.10 Å². The highest BCUT2D eigenvalue weighted by Crippen LogP contribution is 2.38. The van der Waals surface area contributed by atoms with Crippen molar-refractivity contribution < 1.29 is 46.8 Å². The van der Waals surface area contributed by atoms with Crippen molar-refractivity contribution in [3.8, 4) is 0 Å². The van der Waals surface area contributed by atoms with Crippen LogP contribution in [0.3, 0.4) is 0 Å². The zero-order valence-corrected chi connectivity index (χ0v) is 39.0. The molecular weight excluding hydrogens is 766 g/mol. The highest BCUT2D eigenvalue weighted by Gasteiger charge is 2.36. The molecule has 1 saturated heterocycles. The lowest BCUT2D eigenvalue weighted by molar-refractivity contribution is -0.870. The van der Waals surface area contributed by atoms with Crippen LogP contribution in [-0.4, -0.2) is 82.2 Å². The number of carbonyl (C=O) groups is 2. The average molecular weight is 852 g/mol. The second kappa shape index (κ2) is 36.6. The molecule has 1 rings (SSSR count). The number of esters is 2. The zero-order valence-electron chi connectivity index (χ0n) is 38.1. The van der Waals surface area contributed by atoms with Crippen molar-refractivity contribution in [3.05, 3.63) is 48.6 Å². The van der Waals surface area contributed by atoms with Crippen LogP contribution in [0.1, 0.15) is 181 Å². The SMILES string of the molecule is CCCCC/C=C\CC1OC1C/C=C\C/C=C\CCCC(=O)O[C@H](COC(=O)CCCCCCCCC/C=C\CCCCCCCC)COP(=O)([O-])OCC[N+](C)(C)C. The van der Waals surface area contributed by atoms with Crippen molar-refractivity contribution in [2.75, 3.05) is 47.5 Å². The first-order valence-electron chi connectivity index (χ1n) is 23.5. The van der Waals surface area contributed by atoms with Crippen LogP contribution in [0.2, 0.25) is 0 Å². The second-order valence-electron chi connectivity index (χ2n) is 17.1. The molecule has 1 fully saturated rings. The maximum atomic E-state index is 12.7. The van der Waals surface area contributed by atoms with Gasteiger partial charge in [-0.05, 0) is 77.0 Å². The number of unbranched alkanes of at least 4 members (excludes halogenated alkanes) is 17. The molecule has 0 radical (unpaired) electrons. The molecule has 3 unspecified atom stereocenters. The van der Waals surface area contributed by atoms with Gasteiger partial charge in [0, 0.05) is 12.8 Å². The fourth-order valence-corrected chi connectivity index (χ4v) is 7.12. The Balaban J connectivity index is 2.30. The summed E-state index contributed by atoms with van der Waals surface area (Å²) in [6, 6.07) is 0. The summed E-state index contributed by atoms with van der Waals surface area (Å²) in [4.78, 5) is 37.6. The van der Waals surface area contributed by atoms with E-state index in [2.05, 4.69) is 56.4 Å². The van der Waals surface area contributed by atoms with Gasteiger partial charge in [0.05, 0.1) is 40.0 Å². The highest BCUT2D eigenvalue weighted by molar-refractivity contribution is 7.45. The Morgan fingerprint density at radius 1 is 0.610 bits per heavy atom. The van der Waals surface area contributed by atoms with Crippen molar-refractivity contribution >= 4 is 19.8 Å². The Hall–Kier alpha value is -2.07. The Kier molecular flexibility index (Phi) is 34.1. The summed E-state index contributed by atoms with van der Waals surface area (Å²) in [5, 5.41) is 0. The number of likely N-dealkylation sites (N-methyl/N-ethyl adjacent to an activating group) is 1. The molecule has 11 heteroatoms. The molecule has 0 saturated carbocycles. The predicted molar refractivity (Wildman–Crippen MR) is 240 cm³/mol. The van der Waals surface area contributed by atoms with Gasteiger partial charge >= 0.3 is 11.9 Å². The maximum absolute atomic E-state index is 12.7. The van der Waals surface area contributed by atoms with Gasteiger partial charge in [-0.2, -0.15) is 0 Å². The third-order valence-electron chi connectivity index (χ3n) is 10.2. The van der Waals surface area contributed by atoms with Crippen molar-refractivity contribution in [2.45, 2.75) is 199 Å². The number of allylic oxidation sites excluding steroid dienone is 6. The van der Waals surface area contributed by atoms with Gasteiger partial charge in [-0.3, -0.25) is 14.2 Å². The number of phosphoric acid groups is 1. The Morgan fingerprint density at radius 2 is 1.08 bits per heavy atom. The summed E-state index contributed by atoms with van der Waals surface area (Å²) >= 11 is 0. The minimum Gasteiger partial charge on any atom is -0.756 e. The van der Waals surface area contributed by atoms with Gasteiger partial charge in [-0.15, -0.1) is 0 Å². The molecule has 0 spiro atoms. The minimum absolute atomic E-state index is 0.0454. The summed E-state index contributed by atoms with van der Waals surface area (Å²) < 4.78 is 39.7. The van der Waals surface area contributed by atoms with E-state index in [1.54, 1.807) is 0 Å². The third-order valence-corrected chi connectivity index (χ3v) is 11.2. The van der Waals surface area contributed by atoms with E-state index in [1.807, 2.05) is 27.2 Å². The van der Waals surface area contributed by atoms with E-state index in [0.717, 1.165) is 51.4 Å². The molecule has 0 bridgehead atoms. The molecule has 10 nitrogen and oxygen atoms in total. The lowest BCUT2D eigenvalue weighted by Gasteiger charge is -2.28. The summed E-state index contributed by atoms with van der Waals surface area (Å²) in [5.41, 5.74) is 0. The average Bonchev–Trinajstić information content (AvgIpc) is 3.94. The van der Waals surface area contributed by atoms with Gasteiger partial charge in [0.25, 0.3) is 7.82 Å². The lowest BCUT2D eigenvalue weighted by Crippen LogP contribution is -2.37. The van der Waals surface area contributed by atoms with Crippen LogP contribution in [0.4, 0.5) is 0 Å². The number of quaternary nitrogens is 1. The first-order valence-corrected chi connectivity index (χ1v) is 24.9. The standard InChI is InChI=1S/C48H86NO9P/c1-6-8-10-12-14-15-16-17-18-19-20-21-22-23-26-30-34-38-47(50)54-42-44(43-56-59(52,53)55-41-40-49(3,4)5)57-48(51)39-35-31-27-24-25-29-33-37-46-45(58-46)36-32-28-13-11-9-7-2/h17-18,24,27-29,32-33,44-46H,6-16,19-23,25-26,30-31,34-43H2,1-5H3/b18-17-,27-24-,32-28-,33-29-/t44-,45?,46?/m1/s1. The van der Waals surface area contributed by atoms with Crippen LogP contribution in [0.15, 0.2) is 48.6 Å². The number of rotatable bonds is 41. The van der Waals surface area contributed by atoms with Crippen LogP contribution >= 0.6 is 7.82 Å². The Morgan fingerprint density at radius 3 is 1.71 bits per heavy atom. The van der Waals surface area contributed by atoms with Crippen molar-refractivity contribution in [1.29, 1.82) is 0 Å². The second-order valence-corrected chi connectivity index (χ2v) is 18.6.